The molecule has 1 N–H and O–H groups in total. The van der Waals surface area contributed by atoms with Crippen LogP contribution >= 0.6 is 0 Å². The van der Waals surface area contributed by atoms with Crippen molar-refractivity contribution in [2.75, 3.05) is 19.8 Å². The molecule has 2 heterocycles. The topological polar surface area (TPSA) is 56.4 Å². The number of imidazole rings is 1. The molecule has 0 bridgehead atoms. The van der Waals surface area contributed by atoms with Gasteiger partial charge in [-0.1, -0.05) is 24.3 Å². The molecule has 124 valence electrons. The van der Waals surface area contributed by atoms with Crippen molar-refractivity contribution < 1.29 is 14.2 Å². The Labute approximate surface area is 140 Å². The van der Waals surface area contributed by atoms with Gasteiger partial charge >= 0.3 is 0 Å². The summed E-state index contributed by atoms with van der Waals surface area (Å²) in [5.41, 5.74) is 3.00. The summed E-state index contributed by atoms with van der Waals surface area (Å²) >= 11 is 0. The summed E-state index contributed by atoms with van der Waals surface area (Å²) in [5, 5.41) is 0. The van der Waals surface area contributed by atoms with Gasteiger partial charge in [-0.3, -0.25) is 0 Å². The zero-order valence-corrected chi connectivity index (χ0v) is 13.4. The van der Waals surface area contributed by atoms with E-state index in [1.807, 2.05) is 48.5 Å². The fraction of sp³-hybridized carbons (Fsp3) is 0.316. The van der Waals surface area contributed by atoms with Crippen LogP contribution in [0.25, 0.3) is 22.4 Å². The van der Waals surface area contributed by atoms with E-state index in [9.17, 15) is 0 Å². The van der Waals surface area contributed by atoms with Gasteiger partial charge in [0.15, 0.2) is 6.29 Å². The maximum Gasteiger partial charge on any atom is 0.160 e. The predicted octanol–water partition coefficient (Wildman–Crippen LogP) is 3.76. The van der Waals surface area contributed by atoms with E-state index < -0.39 is 0 Å². The molecule has 1 aliphatic heterocycles. The standard InChI is InChI=1S/C19H20N2O3/c1-2-8-17-16(7-1)20-19(21-17)14-5-3-6-15(13-14)22-12-9-18-23-10-4-11-24-18/h1-3,5-8,13,18H,4,9-12H2,(H,20,21). The van der Waals surface area contributed by atoms with Gasteiger partial charge in [0.1, 0.15) is 11.6 Å². The lowest BCUT2D eigenvalue weighted by atomic mass is 10.2. The average Bonchev–Trinajstić information content (AvgIpc) is 3.07. The molecule has 1 aliphatic rings. The molecule has 2 aromatic carbocycles. The molecule has 0 unspecified atom stereocenters. The predicted molar refractivity (Wildman–Crippen MR) is 92.0 cm³/mol. The fourth-order valence-electron chi connectivity index (χ4n) is 2.80. The summed E-state index contributed by atoms with van der Waals surface area (Å²) in [7, 11) is 0. The second-order valence-corrected chi connectivity index (χ2v) is 5.79. The van der Waals surface area contributed by atoms with Crippen LogP contribution in [0.2, 0.25) is 0 Å². The Morgan fingerprint density at radius 2 is 1.96 bits per heavy atom. The largest absolute Gasteiger partial charge is 0.493 e. The molecule has 0 saturated carbocycles. The average molecular weight is 324 g/mol. The Morgan fingerprint density at radius 1 is 1.08 bits per heavy atom. The van der Waals surface area contributed by atoms with Crippen molar-refractivity contribution in [3.05, 3.63) is 48.5 Å². The van der Waals surface area contributed by atoms with Gasteiger partial charge in [-0.15, -0.1) is 0 Å². The number of nitrogens with zero attached hydrogens (tertiary/aromatic N) is 1. The van der Waals surface area contributed by atoms with E-state index >= 15 is 0 Å². The molecular weight excluding hydrogens is 304 g/mol. The van der Waals surface area contributed by atoms with E-state index in [2.05, 4.69) is 9.97 Å². The maximum atomic E-state index is 5.84. The number of aromatic amines is 1. The highest BCUT2D eigenvalue weighted by Gasteiger charge is 2.14. The van der Waals surface area contributed by atoms with Crippen molar-refractivity contribution in [1.29, 1.82) is 0 Å². The van der Waals surface area contributed by atoms with Gasteiger partial charge in [-0.05, 0) is 30.7 Å². The van der Waals surface area contributed by atoms with Gasteiger partial charge in [0.2, 0.25) is 0 Å². The normalized spacial score (nSPS) is 15.7. The lowest BCUT2D eigenvalue weighted by Crippen LogP contribution is -2.26. The minimum absolute atomic E-state index is 0.141. The van der Waals surface area contributed by atoms with Crippen molar-refractivity contribution in [2.45, 2.75) is 19.1 Å². The zero-order valence-electron chi connectivity index (χ0n) is 13.4. The number of benzene rings is 2. The van der Waals surface area contributed by atoms with Gasteiger partial charge in [0.05, 0.1) is 30.9 Å². The van der Waals surface area contributed by atoms with Crippen LogP contribution in [0.4, 0.5) is 0 Å². The molecule has 4 rings (SSSR count). The molecule has 1 fully saturated rings. The summed E-state index contributed by atoms with van der Waals surface area (Å²) in [6.45, 7) is 2.10. The van der Waals surface area contributed by atoms with Crippen molar-refractivity contribution in [3.63, 3.8) is 0 Å². The number of hydrogen-bond donors (Lipinski definition) is 1. The summed E-state index contributed by atoms with van der Waals surface area (Å²) in [6, 6.07) is 16.0. The fourth-order valence-corrected chi connectivity index (χ4v) is 2.80. The minimum atomic E-state index is -0.141. The number of fused-ring (bicyclic) bond motifs is 1. The number of H-pyrrole nitrogens is 1. The summed E-state index contributed by atoms with van der Waals surface area (Å²) < 4.78 is 16.9. The number of para-hydroxylation sites is 2. The van der Waals surface area contributed by atoms with Gasteiger partial charge in [0, 0.05) is 12.0 Å². The van der Waals surface area contributed by atoms with E-state index in [0.717, 1.165) is 54.2 Å². The second-order valence-electron chi connectivity index (χ2n) is 5.79. The molecule has 1 saturated heterocycles. The van der Waals surface area contributed by atoms with Crippen LogP contribution in [0, 0.1) is 0 Å². The summed E-state index contributed by atoms with van der Waals surface area (Å²) in [6.07, 6.45) is 1.56. The first-order valence-corrected chi connectivity index (χ1v) is 8.30. The third kappa shape index (κ3) is 3.42. The number of nitrogens with one attached hydrogen (secondary N) is 1. The maximum absolute atomic E-state index is 5.84. The summed E-state index contributed by atoms with van der Waals surface area (Å²) in [4.78, 5) is 7.97. The number of rotatable bonds is 5. The first-order valence-electron chi connectivity index (χ1n) is 8.30. The molecule has 5 heteroatoms. The summed E-state index contributed by atoms with van der Waals surface area (Å²) in [5.74, 6) is 1.67. The molecule has 5 nitrogen and oxygen atoms in total. The Hall–Kier alpha value is -2.37. The molecule has 0 atom stereocenters. The number of ether oxygens (including phenoxy) is 3. The molecule has 1 aromatic heterocycles. The third-order valence-corrected chi connectivity index (χ3v) is 4.02. The molecule has 24 heavy (non-hydrogen) atoms. The van der Waals surface area contributed by atoms with Gasteiger partial charge in [0.25, 0.3) is 0 Å². The monoisotopic (exact) mass is 324 g/mol. The van der Waals surface area contributed by atoms with Crippen LogP contribution in [-0.4, -0.2) is 36.1 Å². The molecule has 0 radical (unpaired) electrons. The van der Waals surface area contributed by atoms with Gasteiger partial charge in [-0.25, -0.2) is 4.98 Å². The quantitative estimate of drug-likeness (QED) is 0.776. The van der Waals surface area contributed by atoms with Crippen LogP contribution < -0.4 is 4.74 Å². The van der Waals surface area contributed by atoms with Crippen molar-refractivity contribution in [2.24, 2.45) is 0 Å². The van der Waals surface area contributed by atoms with Crippen LogP contribution in [0.1, 0.15) is 12.8 Å². The Bertz CT molecular complexity index is 776. The van der Waals surface area contributed by atoms with E-state index in [-0.39, 0.29) is 6.29 Å². The number of aromatic nitrogens is 2. The van der Waals surface area contributed by atoms with Crippen LogP contribution in [0.5, 0.6) is 5.75 Å². The molecule has 0 aliphatic carbocycles. The van der Waals surface area contributed by atoms with Crippen molar-refractivity contribution in [1.82, 2.24) is 9.97 Å². The van der Waals surface area contributed by atoms with Gasteiger partial charge < -0.3 is 19.2 Å². The minimum Gasteiger partial charge on any atom is -0.493 e. The van der Waals surface area contributed by atoms with Crippen molar-refractivity contribution in [3.8, 4) is 17.1 Å². The van der Waals surface area contributed by atoms with E-state index in [0.29, 0.717) is 6.61 Å². The smallest absolute Gasteiger partial charge is 0.160 e. The van der Waals surface area contributed by atoms with Crippen molar-refractivity contribution >= 4 is 11.0 Å². The first kappa shape index (κ1) is 15.2. The lowest BCUT2D eigenvalue weighted by Gasteiger charge is -2.23. The Balaban J connectivity index is 1.43. The molecular formula is C19H20N2O3. The lowest BCUT2D eigenvalue weighted by molar-refractivity contribution is -0.183. The number of hydrogen-bond acceptors (Lipinski definition) is 4. The van der Waals surface area contributed by atoms with E-state index in [1.165, 1.54) is 0 Å². The first-order chi connectivity index (χ1) is 11.9. The molecule has 3 aromatic rings. The molecule has 0 amide bonds. The van der Waals surface area contributed by atoms with Crippen LogP contribution in [-0.2, 0) is 9.47 Å². The van der Waals surface area contributed by atoms with Gasteiger partial charge in [-0.2, -0.15) is 0 Å². The highest BCUT2D eigenvalue weighted by atomic mass is 16.7. The zero-order chi connectivity index (χ0) is 16.2. The van der Waals surface area contributed by atoms with E-state index in [4.69, 9.17) is 14.2 Å². The highest BCUT2D eigenvalue weighted by Crippen LogP contribution is 2.24. The van der Waals surface area contributed by atoms with Crippen LogP contribution in [0.15, 0.2) is 48.5 Å². The Morgan fingerprint density at radius 3 is 2.83 bits per heavy atom. The van der Waals surface area contributed by atoms with E-state index in [1.54, 1.807) is 0 Å². The second kappa shape index (κ2) is 7.03. The third-order valence-electron chi connectivity index (χ3n) is 4.02. The SMILES string of the molecule is c1cc(OCCC2OCCCO2)cc(-c2nc3ccccc3[nH]2)c1. The molecule has 0 spiro atoms. The Kier molecular flexibility index (Phi) is 4.44. The van der Waals surface area contributed by atoms with Crippen LogP contribution in [0.3, 0.4) is 0 Å². The highest BCUT2D eigenvalue weighted by molar-refractivity contribution is 5.79.